The van der Waals surface area contributed by atoms with Gasteiger partial charge in [-0.25, -0.2) is 0 Å². The molecule has 8 nitrogen and oxygen atoms in total. The van der Waals surface area contributed by atoms with Crippen molar-refractivity contribution < 1.29 is 9.72 Å². The fourth-order valence-corrected chi connectivity index (χ4v) is 4.75. The van der Waals surface area contributed by atoms with Crippen molar-refractivity contribution in [2.24, 2.45) is 0 Å². The van der Waals surface area contributed by atoms with Gasteiger partial charge < -0.3 is 5.32 Å². The Hall–Kier alpha value is -3.40. The number of hydrogen-bond acceptors (Lipinski definition) is 6. The average molecular weight is 528 g/mol. The van der Waals surface area contributed by atoms with E-state index in [1.165, 1.54) is 36.0 Å². The largest absolute Gasteiger partial charge is 0.342 e. The Labute approximate surface area is 215 Å². The first-order valence-corrected chi connectivity index (χ1v) is 12.2. The number of non-ortho nitro benzene ring substituents is 1. The molecule has 1 amide bonds. The van der Waals surface area contributed by atoms with Crippen LogP contribution in [0.15, 0.2) is 78.0 Å². The van der Waals surface area contributed by atoms with Gasteiger partial charge in [0.15, 0.2) is 11.0 Å². The van der Waals surface area contributed by atoms with Gasteiger partial charge in [-0.15, -0.1) is 10.2 Å². The molecule has 0 saturated heterocycles. The van der Waals surface area contributed by atoms with Gasteiger partial charge in [0.05, 0.1) is 21.7 Å². The predicted octanol–water partition coefficient (Wildman–Crippen LogP) is 6.27. The smallest absolute Gasteiger partial charge is 0.269 e. The highest BCUT2D eigenvalue weighted by molar-refractivity contribution is 7.98. The Morgan fingerprint density at radius 2 is 1.80 bits per heavy atom. The monoisotopic (exact) mass is 527 g/mol. The molecule has 0 fully saturated rings. The number of halogens is 2. The van der Waals surface area contributed by atoms with Gasteiger partial charge in [0, 0.05) is 28.5 Å². The third-order valence-corrected chi connectivity index (χ3v) is 6.63. The highest BCUT2D eigenvalue weighted by Crippen LogP contribution is 2.32. The van der Waals surface area contributed by atoms with E-state index in [0.717, 1.165) is 5.56 Å². The van der Waals surface area contributed by atoms with Crippen molar-refractivity contribution >= 4 is 46.6 Å². The normalized spacial score (nSPS) is 11.7. The number of nitrogens with one attached hydrogen (secondary N) is 1. The van der Waals surface area contributed by atoms with E-state index in [2.05, 4.69) is 15.5 Å². The molecule has 3 aromatic carbocycles. The zero-order valence-corrected chi connectivity index (χ0v) is 20.7. The summed E-state index contributed by atoms with van der Waals surface area (Å²) in [6, 6.07) is 19.9. The van der Waals surface area contributed by atoms with Gasteiger partial charge in [0.2, 0.25) is 0 Å². The van der Waals surface area contributed by atoms with Crippen molar-refractivity contribution in [2.45, 2.75) is 23.9 Å². The quantitative estimate of drug-likeness (QED) is 0.164. The lowest BCUT2D eigenvalue weighted by atomic mass is 10.2. The number of carbonyl (C=O) groups excluding carboxylic acids is 1. The fraction of sp³-hybridized carbons (Fsp3) is 0.125. The van der Waals surface area contributed by atoms with Gasteiger partial charge in [0.25, 0.3) is 11.6 Å². The van der Waals surface area contributed by atoms with E-state index < -0.39 is 16.9 Å². The molecule has 0 saturated carbocycles. The van der Waals surface area contributed by atoms with Crippen LogP contribution in [0.1, 0.15) is 34.7 Å². The second-order valence-corrected chi connectivity index (χ2v) is 9.33. The van der Waals surface area contributed by atoms with E-state index in [9.17, 15) is 14.9 Å². The van der Waals surface area contributed by atoms with Crippen molar-refractivity contribution in [3.05, 3.63) is 110 Å². The van der Waals surface area contributed by atoms with Crippen LogP contribution in [-0.2, 0) is 5.75 Å². The summed E-state index contributed by atoms with van der Waals surface area (Å²) < 4.78 is 1.80. The number of nitrogens with zero attached hydrogens (tertiary/aromatic N) is 4. The van der Waals surface area contributed by atoms with Gasteiger partial charge in [-0.3, -0.25) is 19.5 Å². The molecule has 0 spiro atoms. The van der Waals surface area contributed by atoms with Gasteiger partial charge in [-0.1, -0.05) is 65.3 Å². The summed E-state index contributed by atoms with van der Waals surface area (Å²) in [4.78, 5) is 23.2. The summed E-state index contributed by atoms with van der Waals surface area (Å²) in [6.07, 6.45) is 0. The zero-order chi connectivity index (χ0) is 24.9. The molecule has 0 bridgehead atoms. The number of nitro groups is 1. The standard InChI is InChI=1S/C24H19Cl2N5O3S/c1-15(27-23(32)17-7-10-19(11-8-17)31(33)34)22-28-29-24(35-14-16-5-3-2-4-6-16)30(22)21-12-9-18(25)13-20(21)26/h2-13,15H,14H2,1H3,(H,27,32). The van der Waals surface area contributed by atoms with Crippen molar-refractivity contribution in [2.75, 3.05) is 0 Å². The van der Waals surface area contributed by atoms with Crippen LogP contribution in [0, 0.1) is 10.1 Å². The highest BCUT2D eigenvalue weighted by Gasteiger charge is 2.23. The van der Waals surface area contributed by atoms with Gasteiger partial charge in [0.1, 0.15) is 0 Å². The molecule has 0 aliphatic carbocycles. The second kappa shape index (κ2) is 10.9. The SMILES string of the molecule is CC(NC(=O)c1ccc([N+](=O)[O-])cc1)c1nnc(SCc2ccccc2)n1-c1ccc(Cl)cc1Cl. The molecule has 1 N–H and O–H groups in total. The van der Waals surface area contributed by atoms with Crippen LogP contribution in [-0.4, -0.2) is 25.6 Å². The Bertz CT molecular complexity index is 1360. The molecule has 4 aromatic rings. The molecule has 1 aromatic heterocycles. The number of benzene rings is 3. The number of aromatic nitrogens is 3. The molecule has 4 rings (SSSR count). The Kier molecular flexibility index (Phi) is 7.70. The molecule has 0 aliphatic rings. The van der Waals surface area contributed by atoms with Crippen LogP contribution in [0.3, 0.4) is 0 Å². The molecule has 0 radical (unpaired) electrons. The van der Waals surface area contributed by atoms with Gasteiger partial charge >= 0.3 is 0 Å². The lowest BCUT2D eigenvalue weighted by Crippen LogP contribution is -2.28. The van der Waals surface area contributed by atoms with Crippen molar-refractivity contribution in [1.82, 2.24) is 20.1 Å². The maximum atomic E-state index is 12.8. The van der Waals surface area contributed by atoms with Crippen LogP contribution in [0.5, 0.6) is 0 Å². The highest BCUT2D eigenvalue weighted by atomic mass is 35.5. The zero-order valence-electron chi connectivity index (χ0n) is 18.4. The first-order chi connectivity index (χ1) is 16.8. The topological polar surface area (TPSA) is 103 Å². The van der Waals surface area contributed by atoms with Crippen LogP contribution in [0.2, 0.25) is 10.0 Å². The molecular formula is C24H19Cl2N5O3S. The fourth-order valence-electron chi connectivity index (χ4n) is 3.35. The molecule has 0 aliphatic heterocycles. The van der Waals surface area contributed by atoms with E-state index >= 15 is 0 Å². The molecule has 1 heterocycles. The first-order valence-electron chi connectivity index (χ1n) is 10.5. The summed E-state index contributed by atoms with van der Waals surface area (Å²) in [5, 5.41) is 24.0. The maximum Gasteiger partial charge on any atom is 0.269 e. The summed E-state index contributed by atoms with van der Waals surface area (Å²) >= 11 is 14.1. The molecule has 1 atom stereocenters. The van der Waals surface area contributed by atoms with E-state index in [-0.39, 0.29) is 11.3 Å². The van der Waals surface area contributed by atoms with Gasteiger partial charge in [-0.2, -0.15) is 0 Å². The summed E-state index contributed by atoms with van der Waals surface area (Å²) in [5.74, 6) is 0.732. The number of thioether (sulfide) groups is 1. The van der Waals surface area contributed by atoms with Gasteiger partial charge in [-0.05, 0) is 42.8 Å². The molecular weight excluding hydrogens is 509 g/mol. The van der Waals surface area contributed by atoms with E-state index in [0.29, 0.717) is 32.5 Å². The minimum absolute atomic E-state index is 0.0909. The number of hydrogen-bond donors (Lipinski definition) is 1. The summed E-state index contributed by atoms with van der Waals surface area (Å²) in [7, 11) is 0. The molecule has 1 unspecified atom stereocenters. The average Bonchev–Trinajstić information content (AvgIpc) is 3.27. The predicted molar refractivity (Wildman–Crippen MR) is 136 cm³/mol. The van der Waals surface area contributed by atoms with Crippen molar-refractivity contribution in [1.29, 1.82) is 0 Å². The van der Waals surface area contributed by atoms with E-state index in [4.69, 9.17) is 23.2 Å². The van der Waals surface area contributed by atoms with Crippen LogP contribution < -0.4 is 5.32 Å². The Morgan fingerprint density at radius 1 is 1.09 bits per heavy atom. The first kappa shape index (κ1) is 24.7. The molecule has 178 valence electrons. The Morgan fingerprint density at radius 3 is 2.46 bits per heavy atom. The minimum atomic E-state index is -0.553. The molecule has 11 heteroatoms. The minimum Gasteiger partial charge on any atom is -0.342 e. The number of amides is 1. The van der Waals surface area contributed by atoms with Crippen molar-refractivity contribution in [3.8, 4) is 5.69 Å². The van der Waals surface area contributed by atoms with E-state index in [1.807, 2.05) is 30.3 Å². The van der Waals surface area contributed by atoms with E-state index in [1.54, 1.807) is 29.7 Å². The third kappa shape index (κ3) is 5.82. The second-order valence-electron chi connectivity index (χ2n) is 7.55. The van der Waals surface area contributed by atoms with Crippen LogP contribution >= 0.6 is 35.0 Å². The summed E-state index contributed by atoms with van der Waals surface area (Å²) in [6.45, 7) is 1.78. The lowest BCUT2D eigenvalue weighted by Gasteiger charge is -2.17. The number of rotatable bonds is 8. The maximum absolute atomic E-state index is 12.8. The Balaban J connectivity index is 1.63. The van der Waals surface area contributed by atoms with Crippen LogP contribution in [0.25, 0.3) is 5.69 Å². The lowest BCUT2D eigenvalue weighted by molar-refractivity contribution is -0.384. The number of nitro benzene ring substituents is 1. The molecule has 35 heavy (non-hydrogen) atoms. The number of carbonyl (C=O) groups is 1. The van der Waals surface area contributed by atoms with Crippen LogP contribution in [0.4, 0.5) is 5.69 Å². The van der Waals surface area contributed by atoms with Crippen molar-refractivity contribution in [3.63, 3.8) is 0 Å². The summed E-state index contributed by atoms with van der Waals surface area (Å²) in [5.41, 5.74) is 1.95. The third-order valence-electron chi connectivity index (χ3n) is 5.09.